The van der Waals surface area contributed by atoms with Crippen molar-refractivity contribution in [1.29, 1.82) is 0 Å². The number of piperidine rings is 1. The van der Waals surface area contributed by atoms with Gasteiger partial charge in [-0.15, -0.1) is 0 Å². The van der Waals surface area contributed by atoms with Crippen LogP contribution in [0.1, 0.15) is 12.8 Å². The summed E-state index contributed by atoms with van der Waals surface area (Å²) in [6.45, 7) is 1.73. The summed E-state index contributed by atoms with van der Waals surface area (Å²) in [5.74, 6) is -0.196. The normalized spacial score (nSPS) is 21.7. The number of aromatic hydroxyl groups is 1. The molecule has 0 spiro atoms. The van der Waals surface area contributed by atoms with E-state index in [1.165, 1.54) is 16.4 Å². The fourth-order valence-corrected chi connectivity index (χ4v) is 3.92. The van der Waals surface area contributed by atoms with Gasteiger partial charge in [-0.25, -0.2) is 8.42 Å². The van der Waals surface area contributed by atoms with Crippen molar-refractivity contribution in [2.24, 2.45) is 0 Å². The SMILES string of the molecule is CN1CCCC(N(C)S(=O)(=O)c2ccccc2O)C1. The number of para-hydroxylation sites is 1. The Labute approximate surface area is 114 Å². The minimum atomic E-state index is -3.64. The van der Waals surface area contributed by atoms with E-state index in [2.05, 4.69) is 4.90 Å². The second kappa shape index (κ2) is 5.48. The van der Waals surface area contributed by atoms with Gasteiger partial charge in [0, 0.05) is 19.6 Å². The van der Waals surface area contributed by atoms with Crippen molar-refractivity contribution in [3.05, 3.63) is 24.3 Å². The molecule has 1 aromatic carbocycles. The van der Waals surface area contributed by atoms with Crippen LogP contribution >= 0.6 is 0 Å². The highest BCUT2D eigenvalue weighted by atomic mass is 32.2. The third-order valence-corrected chi connectivity index (χ3v) is 5.59. The van der Waals surface area contributed by atoms with E-state index in [-0.39, 0.29) is 16.7 Å². The van der Waals surface area contributed by atoms with Crippen molar-refractivity contribution in [1.82, 2.24) is 9.21 Å². The molecule has 0 amide bonds. The zero-order valence-corrected chi connectivity index (χ0v) is 12.1. The number of rotatable bonds is 3. The third kappa shape index (κ3) is 2.91. The van der Waals surface area contributed by atoms with E-state index in [0.717, 1.165) is 25.9 Å². The summed E-state index contributed by atoms with van der Waals surface area (Å²) in [4.78, 5) is 2.11. The zero-order valence-electron chi connectivity index (χ0n) is 11.3. The largest absolute Gasteiger partial charge is 0.507 e. The monoisotopic (exact) mass is 284 g/mol. The lowest BCUT2D eigenvalue weighted by Gasteiger charge is -2.35. The molecule has 1 atom stereocenters. The first-order valence-corrected chi connectivity index (χ1v) is 7.81. The fraction of sp³-hybridized carbons (Fsp3) is 0.538. The second-order valence-corrected chi connectivity index (χ2v) is 7.01. The maximum atomic E-state index is 12.5. The van der Waals surface area contributed by atoms with Crippen LogP contribution in [-0.2, 0) is 10.0 Å². The molecule has 1 fully saturated rings. The van der Waals surface area contributed by atoms with Gasteiger partial charge in [-0.3, -0.25) is 0 Å². The molecule has 1 N–H and O–H groups in total. The summed E-state index contributed by atoms with van der Waals surface area (Å²) < 4.78 is 26.4. The van der Waals surface area contributed by atoms with Crippen LogP contribution in [0.3, 0.4) is 0 Å². The Bertz CT molecular complexity index is 545. The van der Waals surface area contributed by atoms with Gasteiger partial charge >= 0.3 is 0 Å². The number of likely N-dealkylation sites (tertiary alicyclic amines) is 1. The van der Waals surface area contributed by atoms with Crippen molar-refractivity contribution >= 4 is 10.0 Å². The van der Waals surface area contributed by atoms with E-state index >= 15 is 0 Å². The molecule has 106 valence electrons. The first-order valence-electron chi connectivity index (χ1n) is 6.37. The number of benzene rings is 1. The number of hydrogen-bond acceptors (Lipinski definition) is 4. The fourth-order valence-electron chi connectivity index (χ4n) is 2.46. The average molecular weight is 284 g/mol. The Kier molecular flexibility index (Phi) is 4.13. The first kappa shape index (κ1) is 14.3. The number of phenolic OH excluding ortho intramolecular Hbond substituents is 1. The summed E-state index contributed by atoms with van der Waals surface area (Å²) in [7, 11) is -0.0545. The maximum absolute atomic E-state index is 12.5. The van der Waals surface area contributed by atoms with Crippen LogP contribution in [0, 0.1) is 0 Å². The molecular weight excluding hydrogens is 264 g/mol. The van der Waals surface area contributed by atoms with Crippen LogP contribution in [0.4, 0.5) is 0 Å². The number of sulfonamides is 1. The summed E-state index contributed by atoms with van der Waals surface area (Å²) in [5.41, 5.74) is 0. The van der Waals surface area contributed by atoms with Crippen molar-refractivity contribution in [2.75, 3.05) is 27.2 Å². The predicted molar refractivity (Wildman–Crippen MR) is 73.6 cm³/mol. The number of phenols is 1. The van der Waals surface area contributed by atoms with E-state index in [4.69, 9.17) is 0 Å². The molecule has 0 aromatic heterocycles. The summed E-state index contributed by atoms with van der Waals surface area (Å²) >= 11 is 0. The lowest BCUT2D eigenvalue weighted by molar-refractivity contribution is 0.187. The highest BCUT2D eigenvalue weighted by Crippen LogP contribution is 2.27. The molecule has 2 rings (SSSR count). The van der Waals surface area contributed by atoms with E-state index in [0.29, 0.717) is 0 Å². The average Bonchev–Trinajstić information content (AvgIpc) is 2.38. The Balaban J connectivity index is 2.27. The Morgan fingerprint density at radius 3 is 2.68 bits per heavy atom. The van der Waals surface area contributed by atoms with Crippen LogP contribution in [0.25, 0.3) is 0 Å². The van der Waals surface area contributed by atoms with Gasteiger partial charge in [0.1, 0.15) is 10.6 Å². The van der Waals surface area contributed by atoms with Gasteiger partial charge < -0.3 is 10.0 Å². The van der Waals surface area contributed by atoms with Crippen molar-refractivity contribution < 1.29 is 13.5 Å². The molecule has 0 bridgehead atoms. The minimum Gasteiger partial charge on any atom is -0.507 e. The molecular formula is C13H20N2O3S. The highest BCUT2D eigenvalue weighted by Gasteiger charge is 2.31. The van der Waals surface area contributed by atoms with Crippen LogP contribution in [0.5, 0.6) is 5.75 Å². The first-order chi connectivity index (χ1) is 8.93. The number of likely N-dealkylation sites (N-methyl/N-ethyl adjacent to an activating group) is 2. The molecule has 1 unspecified atom stereocenters. The van der Waals surface area contributed by atoms with Crippen LogP contribution in [0.2, 0.25) is 0 Å². The van der Waals surface area contributed by atoms with Crippen LogP contribution in [-0.4, -0.2) is 56.0 Å². The van der Waals surface area contributed by atoms with Crippen molar-refractivity contribution in [3.8, 4) is 5.75 Å². The van der Waals surface area contributed by atoms with E-state index in [1.54, 1.807) is 19.2 Å². The van der Waals surface area contributed by atoms with Crippen LogP contribution in [0.15, 0.2) is 29.2 Å². The molecule has 0 aliphatic carbocycles. The zero-order chi connectivity index (χ0) is 14.0. The minimum absolute atomic E-state index is 0.0225. The third-order valence-electron chi connectivity index (χ3n) is 3.64. The van der Waals surface area contributed by atoms with Gasteiger partial charge in [-0.05, 0) is 38.6 Å². The van der Waals surface area contributed by atoms with Gasteiger partial charge in [-0.1, -0.05) is 12.1 Å². The van der Waals surface area contributed by atoms with Gasteiger partial charge in [0.15, 0.2) is 0 Å². The topological polar surface area (TPSA) is 60.9 Å². The van der Waals surface area contributed by atoms with Crippen molar-refractivity contribution in [2.45, 2.75) is 23.8 Å². The number of nitrogens with zero attached hydrogens (tertiary/aromatic N) is 2. The quantitative estimate of drug-likeness (QED) is 0.903. The predicted octanol–water partition coefficient (Wildman–Crippen LogP) is 1.11. The van der Waals surface area contributed by atoms with Gasteiger partial charge in [0.25, 0.3) is 0 Å². The molecule has 1 aliphatic rings. The lowest BCUT2D eigenvalue weighted by atomic mass is 10.1. The molecule has 1 aromatic rings. The molecule has 19 heavy (non-hydrogen) atoms. The molecule has 0 saturated carbocycles. The lowest BCUT2D eigenvalue weighted by Crippen LogP contribution is -2.47. The van der Waals surface area contributed by atoms with Crippen molar-refractivity contribution in [3.63, 3.8) is 0 Å². The number of hydrogen-bond donors (Lipinski definition) is 1. The Morgan fingerprint density at radius 2 is 2.05 bits per heavy atom. The maximum Gasteiger partial charge on any atom is 0.246 e. The molecule has 6 heteroatoms. The molecule has 1 heterocycles. The second-order valence-electron chi connectivity index (χ2n) is 5.05. The standard InChI is InChI=1S/C13H20N2O3S/c1-14-9-5-6-11(10-14)15(2)19(17,18)13-8-4-3-7-12(13)16/h3-4,7-8,11,16H,5-6,9-10H2,1-2H3. The Hall–Kier alpha value is -1.11. The van der Waals surface area contributed by atoms with E-state index in [1.807, 2.05) is 7.05 Å². The molecule has 5 nitrogen and oxygen atoms in total. The van der Waals surface area contributed by atoms with Gasteiger partial charge in [0.2, 0.25) is 10.0 Å². The molecule has 0 radical (unpaired) electrons. The Morgan fingerprint density at radius 1 is 1.37 bits per heavy atom. The van der Waals surface area contributed by atoms with Gasteiger partial charge in [-0.2, -0.15) is 4.31 Å². The summed E-state index contributed by atoms with van der Waals surface area (Å²) in [6, 6.07) is 6.03. The summed E-state index contributed by atoms with van der Waals surface area (Å²) in [5, 5.41) is 9.73. The molecule has 1 saturated heterocycles. The van der Waals surface area contributed by atoms with Gasteiger partial charge in [0.05, 0.1) is 0 Å². The smallest absolute Gasteiger partial charge is 0.246 e. The summed E-state index contributed by atoms with van der Waals surface area (Å²) in [6.07, 6.45) is 1.84. The molecule has 1 aliphatic heterocycles. The van der Waals surface area contributed by atoms with E-state index < -0.39 is 10.0 Å². The van der Waals surface area contributed by atoms with E-state index in [9.17, 15) is 13.5 Å². The van der Waals surface area contributed by atoms with Crippen LogP contribution < -0.4 is 0 Å². The highest BCUT2D eigenvalue weighted by molar-refractivity contribution is 7.89.